The molecule has 5 nitrogen and oxygen atoms in total. The van der Waals surface area contributed by atoms with Gasteiger partial charge in [-0.15, -0.1) is 0 Å². The SMILES string of the molecule is CN(C)C(=O)c1cc(NC(=O)CC(C)(C)N)ccc1Cl. The first-order chi connectivity index (χ1) is 9.10. The van der Waals surface area contributed by atoms with Gasteiger partial charge in [0.05, 0.1) is 10.6 Å². The summed E-state index contributed by atoms with van der Waals surface area (Å²) in [4.78, 5) is 25.2. The highest BCUT2D eigenvalue weighted by atomic mass is 35.5. The number of nitrogens with zero attached hydrogens (tertiary/aromatic N) is 1. The number of nitrogens with two attached hydrogens (primary N) is 1. The van der Waals surface area contributed by atoms with E-state index in [0.29, 0.717) is 16.3 Å². The maximum absolute atomic E-state index is 11.9. The number of amides is 2. The third-order valence-corrected chi connectivity index (χ3v) is 2.83. The summed E-state index contributed by atoms with van der Waals surface area (Å²) in [7, 11) is 3.28. The molecule has 1 aromatic rings. The lowest BCUT2D eigenvalue weighted by molar-refractivity contribution is -0.117. The van der Waals surface area contributed by atoms with Crippen LogP contribution in [0.5, 0.6) is 0 Å². The summed E-state index contributed by atoms with van der Waals surface area (Å²) in [6, 6.07) is 4.80. The van der Waals surface area contributed by atoms with Crippen LogP contribution >= 0.6 is 11.6 Å². The van der Waals surface area contributed by atoms with Crippen LogP contribution in [0.4, 0.5) is 5.69 Å². The molecule has 110 valence electrons. The molecule has 0 unspecified atom stereocenters. The van der Waals surface area contributed by atoms with E-state index in [4.69, 9.17) is 17.3 Å². The van der Waals surface area contributed by atoms with Gasteiger partial charge in [0.25, 0.3) is 5.91 Å². The van der Waals surface area contributed by atoms with E-state index in [2.05, 4.69) is 5.32 Å². The largest absolute Gasteiger partial charge is 0.345 e. The summed E-state index contributed by atoms with van der Waals surface area (Å²) in [5.41, 5.74) is 6.08. The van der Waals surface area contributed by atoms with E-state index in [1.54, 1.807) is 46.1 Å². The number of anilines is 1. The van der Waals surface area contributed by atoms with Gasteiger partial charge in [-0.25, -0.2) is 0 Å². The predicted octanol–water partition coefficient (Wildman–Crippen LogP) is 2.11. The molecule has 0 fully saturated rings. The van der Waals surface area contributed by atoms with Crippen molar-refractivity contribution in [3.8, 4) is 0 Å². The Labute approximate surface area is 124 Å². The monoisotopic (exact) mass is 297 g/mol. The molecular weight excluding hydrogens is 278 g/mol. The summed E-state index contributed by atoms with van der Waals surface area (Å²) < 4.78 is 0. The van der Waals surface area contributed by atoms with E-state index in [0.717, 1.165) is 0 Å². The zero-order valence-corrected chi connectivity index (χ0v) is 12.9. The highest BCUT2D eigenvalue weighted by molar-refractivity contribution is 6.34. The van der Waals surface area contributed by atoms with Gasteiger partial charge in [0.2, 0.25) is 5.91 Å². The predicted molar refractivity (Wildman–Crippen MR) is 81.0 cm³/mol. The summed E-state index contributed by atoms with van der Waals surface area (Å²) in [6.07, 6.45) is 0.187. The Morgan fingerprint density at radius 3 is 2.45 bits per heavy atom. The standard InChI is InChI=1S/C14H20ClN3O2/c1-14(2,16)8-12(19)17-9-5-6-11(15)10(7-9)13(20)18(3)4/h5-7H,8,16H2,1-4H3,(H,17,19). The molecule has 1 aromatic carbocycles. The van der Waals surface area contributed by atoms with Crippen molar-refractivity contribution >= 4 is 29.1 Å². The molecule has 2 amide bonds. The van der Waals surface area contributed by atoms with Crippen molar-refractivity contribution in [2.24, 2.45) is 5.73 Å². The van der Waals surface area contributed by atoms with Crippen LogP contribution in [0.15, 0.2) is 18.2 Å². The molecular formula is C14H20ClN3O2. The van der Waals surface area contributed by atoms with Crippen molar-refractivity contribution in [2.45, 2.75) is 25.8 Å². The number of hydrogen-bond donors (Lipinski definition) is 2. The molecule has 0 aliphatic carbocycles. The molecule has 0 atom stereocenters. The maximum atomic E-state index is 11.9. The number of halogens is 1. The van der Waals surface area contributed by atoms with Gasteiger partial charge in [-0.05, 0) is 32.0 Å². The van der Waals surface area contributed by atoms with E-state index in [1.165, 1.54) is 4.90 Å². The van der Waals surface area contributed by atoms with Gasteiger partial charge in [-0.3, -0.25) is 9.59 Å². The molecule has 0 saturated carbocycles. The Kier molecular flexibility index (Phi) is 5.14. The van der Waals surface area contributed by atoms with Crippen molar-refractivity contribution in [1.29, 1.82) is 0 Å². The lowest BCUT2D eigenvalue weighted by atomic mass is 10.0. The van der Waals surface area contributed by atoms with Crippen LogP contribution in [-0.4, -0.2) is 36.3 Å². The lowest BCUT2D eigenvalue weighted by Crippen LogP contribution is -2.36. The smallest absolute Gasteiger partial charge is 0.254 e. The van der Waals surface area contributed by atoms with E-state index >= 15 is 0 Å². The van der Waals surface area contributed by atoms with Gasteiger partial charge < -0.3 is 16.0 Å². The lowest BCUT2D eigenvalue weighted by Gasteiger charge is -2.18. The zero-order chi connectivity index (χ0) is 15.5. The number of benzene rings is 1. The summed E-state index contributed by atoms with van der Waals surface area (Å²) in [5.74, 6) is -0.423. The second-order valence-corrected chi connectivity index (χ2v) is 6.01. The summed E-state index contributed by atoms with van der Waals surface area (Å²) in [5, 5.41) is 3.06. The minimum absolute atomic E-state index is 0.187. The Morgan fingerprint density at radius 2 is 1.95 bits per heavy atom. The topological polar surface area (TPSA) is 75.4 Å². The second kappa shape index (κ2) is 6.24. The molecule has 0 heterocycles. The quantitative estimate of drug-likeness (QED) is 0.893. The molecule has 1 rings (SSSR count). The Morgan fingerprint density at radius 1 is 1.35 bits per heavy atom. The van der Waals surface area contributed by atoms with Gasteiger partial charge >= 0.3 is 0 Å². The molecule has 0 radical (unpaired) electrons. The minimum atomic E-state index is -0.585. The average molecular weight is 298 g/mol. The molecule has 0 spiro atoms. The first-order valence-electron chi connectivity index (χ1n) is 6.20. The molecule has 20 heavy (non-hydrogen) atoms. The van der Waals surface area contributed by atoms with Crippen molar-refractivity contribution in [2.75, 3.05) is 19.4 Å². The third-order valence-electron chi connectivity index (χ3n) is 2.50. The number of carbonyl (C=O) groups excluding carboxylic acids is 2. The minimum Gasteiger partial charge on any atom is -0.345 e. The van der Waals surface area contributed by atoms with Crippen LogP contribution < -0.4 is 11.1 Å². The van der Waals surface area contributed by atoms with Crippen molar-refractivity contribution < 1.29 is 9.59 Å². The van der Waals surface area contributed by atoms with Crippen LogP contribution in [0.1, 0.15) is 30.6 Å². The van der Waals surface area contributed by atoms with Gasteiger partial charge in [0.15, 0.2) is 0 Å². The Bertz CT molecular complexity index is 522. The average Bonchev–Trinajstić information content (AvgIpc) is 2.28. The number of nitrogens with one attached hydrogen (secondary N) is 1. The fourth-order valence-corrected chi connectivity index (χ4v) is 1.83. The molecule has 0 aromatic heterocycles. The fraction of sp³-hybridized carbons (Fsp3) is 0.429. The van der Waals surface area contributed by atoms with Crippen LogP contribution in [-0.2, 0) is 4.79 Å². The highest BCUT2D eigenvalue weighted by Crippen LogP contribution is 2.22. The fourth-order valence-electron chi connectivity index (χ4n) is 1.63. The van der Waals surface area contributed by atoms with E-state index in [1.807, 2.05) is 0 Å². The van der Waals surface area contributed by atoms with Crippen molar-refractivity contribution in [1.82, 2.24) is 4.90 Å². The van der Waals surface area contributed by atoms with Gasteiger partial charge in [0.1, 0.15) is 0 Å². The molecule has 6 heteroatoms. The van der Waals surface area contributed by atoms with Crippen LogP contribution in [0, 0.1) is 0 Å². The van der Waals surface area contributed by atoms with Gasteiger partial charge in [0, 0.05) is 31.7 Å². The molecule has 0 saturated heterocycles. The molecule has 0 bridgehead atoms. The molecule has 3 N–H and O–H groups in total. The Balaban J connectivity index is 2.91. The number of rotatable bonds is 4. The third kappa shape index (κ3) is 4.83. The normalized spacial score (nSPS) is 11.1. The van der Waals surface area contributed by atoms with E-state index in [-0.39, 0.29) is 18.2 Å². The van der Waals surface area contributed by atoms with Gasteiger partial charge in [-0.1, -0.05) is 11.6 Å². The van der Waals surface area contributed by atoms with Crippen LogP contribution in [0.2, 0.25) is 5.02 Å². The van der Waals surface area contributed by atoms with Crippen LogP contribution in [0.3, 0.4) is 0 Å². The number of carbonyl (C=O) groups is 2. The van der Waals surface area contributed by atoms with E-state index < -0.39 is 5.54 Å². The van der Waals surface area contributed by atoms with Crippen molar-refractivity contribution in [3.63, 3.8) is 0 Å². The van der Waals surface area contributed by atoms with Crippen molar-refractivity contribution in [3.05, 3.63) is 28.8 Å². The summed E-state index contributed by atoms with van der Waals surface area (Å²) in [6.45, 7) is 3.55. The van der Waals surface area contributed by atoms with E-state index in [9.17, 15) is 9.59 Å². The molecule has 0 aliphatic heterocycles. The number of hydrogen-bond acceptors (Lipinski definition) is 3. The first kappa shape index (κ1) is 16.5. The summed E-state index contributed by atoms with van der Waals surface area (Å²) >= 11 is 6.00. The van der Waals surface area contributed by atoms with Crippen LogP contribution in [0.25, 0.3) is 0 Å². The molecule has 0 aliphatic rings. The Hall–Kier alpha value is -1.59. The highest BCUT2D eigenvalue weighted by Gasteiger charge is 2.18. The first-order valence-corrected chi connectivity index (χ1v) is 6.58. The maximum Gasteiger partial charge on any atom is 0.254 e. The van der Waals surface area contributed by atoms with Gasteiger partial charge in [-0.2, -0.15) is 0 Å². The second-order valence-electron chi connectivity index (χ2n) is 5.61. The zero-order valence-electron chi connectivity index (χ0n) is 12.2.